The van der Waals surface area contributed by atoms with Gasteiger partial charge in [-0.05, 0) is 19.1 Å². The molecule has 0 radical (unpaired) electrons. The minimum Gasteiger partial charge on any atom is -0.506 e. The van der Waals surface area contributed by atoms with Crippen LogP contribution < -0.4 is 5.56 Å². The van der Waals surface area contributed by atoms with Crippen molar-refractivity contribution in [2.24, 2.45) is 0 Å². The number of hydrogen-bond donors (Lipinski definition) is 2. The van der Waals surface area contributed by atoms with Crippen molar-refractivity contribution in [3.63, 3.8) is 0 Å². The van der Waals surface area contributed by atoms with Crippen LogP contribution in [0.25, 0.3) is 11.0 Å². The van der Waals surface area contributed by atoms with E-state index in [1.807, 2.05) is 0 Å². The number of para-hydroxylation sites is 1. The average Bonchev–Trinajstić information content (AvgIpc) is 2.28. The van der Waals surface area contributed by atoms with Gasteiger partial charge in [0.25, 0.3) is 5.56 Å². The van der Waals surface area contributed by atoms with Crippen LogP contribution in [-0.2, 0) is 6.54 Å². The van der Waals surface area contributed by atoms with E-state index in [2.05, 4.69) is 4.98 Å². The summed E-state index contributed by atoms with van der Waals surface area (Å²) in [5.41, 5.74) is -0.715. The smallest absolute Gasteiger partial charge is 0.360 e. The molecule has 0 saturated heterocycles. The molecule has 6 nitrogen and oxygen atoms in total. The SMILES string of the molecule is CCn1c(=O)c(C(=O)O)nc2c(O)cccc21. The largest absolute Gasteiger partial charge is 0.506 e. The molecule has 1 aromatic heterocycles. The molecular weight excluding hydrogens is 224 g/mol. The summed E-state index contributed by atoms with van der Waals surface area (Å²) in [5, 5.41) is 18.5. The van der Waals surface area contributed by atoms with E-state index in [1.54, 1.807) is 19.1 Å². The Bertz CT molecular complexity index is 660. The number of aryl methyl sites for hydroxylation is 1. The van der Waals surface area contributed by atoms with Crippen LogP contribution in [0, 0.1) is 0 Å². The van der Waals surface area contributed by atoms with E-state index < -0.39 is 17.2 Å². The van der Waals surface area contributed by atoms with Gasteiger partial charge in [-0.3, -0.25) is 4.79 Å². The molecule has 0 aliphatic carbocycles. The van der Waals surface area contributed by atoms with Crippen LogP contribution in [0.2, 0.25) is 0 Å². The van der Waals surface area contributed by atoms with E-state index in [0.29, 0.717) is 12.1 Å². The summed E-state index contributed by atoms with van der Waals surface area (Å²) >= 11 is 0. The van der Waals surface area contributed by atoms with E-state index in [-0.39, 0.29) is 11.3 Å². The summed E-state index contributed by atoms with van der Waals surface area (Å²) in [6, 6.07) is 4.58. The number of aromatic carboxylic acids is 1. The minimum atomic E-state index is -1.40. The lowest BCUT2D eigenvalue weighted by Gasteiger charge is -2.09. The Morgan fingerprint density at radius 3 is 2.76 bits per heavy atom. The minimum absolute atomic E-state index is 0.117. The van der Waals surface area contributed by atoms with Crippen molar-refractivity contribution in [2.45, 2.75) is 13.5 Å². The highest BCUT2D eigenvalue weighted by atomic mass is 16.4. The average molecular weight is 234 g/mol. The maximum absolute atomic E-state index is 11.8. The highest BCUT2D eigenvalue weighted by Crippen LogP contribution is 2.21. The van der Waals surface area contributed by atoms with Crippen molar-refractivity contribution >= 4 is 17.0 Å². The van der Waals surface area contributed by atoms with E-state index in [0.717, 1.165) is 0 Å². The number of benzene rings is 1. The lowest BCUT2D eigenvalue weighted by Crippen LogP contribution is -2.28. The van der Waals surface area contributed by atoms with Crippen molar-refractivity contribution in [2.75, 3.05) is 0 Å². The molecule has 0 atom stereocenters. The van der Waals surface area contributed by atoms with E-state index >= 15 is 0 Å². The lowest BCUT2D eigenvalue weighted by molar-refractivity contribution is 0.0688. The van der Waals surface area contributed by atoms with Gasteiger partial charge in [-0.15, -0.1) is 0 Å². The molecule has 0 unspecified atom stereocenters. The summed E-state index contributed by atoms with van der Waals surface area (Å²) < 4.78 is 1.27. The van der Waals surface area contributed by atoms with Gasteiger partial charge in [0.15, 0.2) is 0 Å². The van der Waals surface area contributed by atoms with Gasteiger partial charge in [-0.1, -0.05) is 6.07 Å². The van der Waals surface area contributed by atoms with Crippen LogP contribution in [0.4, 0.5) is 0 Å². The predicted molar refractivity (Wildman–Crippen MR) is 60.3 cm³/mol. The predicted octanol–water partition coefficient (Wildman–Crippen LogP) is 0.820. The Morgan fingerprint density at radius 2 is 2.18 bits per heavy atom. The van der Waals surface area contributed by atoms with Gasteiger partial charge in [-0.25, -0.2) is 9.78 Å². The Kier molecular flexibility index (Phi) is 2.55. The first-order valence-electron chi connectivity index (χ1n) is 5.02. The van der Waals surface area contributed by atoms with Gasteiger partial charge >= 0.3 is 5.97 Å². The standard InChI is InChI=1S/C11H10N2O4/c1-2-13-6-4-3-5-7(14)8(6)12-9(10(13)15)11(16)17/h3-5,14H,2H2,1H3,(H,16,17). The van der Waals surface area contributed by atoms with Crippen LogP contribution in [0.1, 0.15) is 17.4 Å². The molecule has 2 N–H and O–H groups in total. The number of nitrogens with zero attached hydrogens (tertiary/aromatic N) is 2. The maximum atomic E-state index is 11.8. The number of aromatic hydroxyl groups is 1. The second kappa shape index (κ2) is 3.89. The molecule has 0 amide bonds. The Hall–Kier alpha value is -2.37. The number of carboxylic acids is 1. The number of aromatic nitrogens is 2. The van der Waals surface area contributed by atoms with Crippen LogP contribution in [0.15, 0.2) is 23.0 Å². The first-order chi connectivity index (χ1) is 8.06. The Morgan fingerprint density at radius 1 is 1.47 bits per heavy atom. The van der Waals surface area contributed by atoms with Crippen LogP contribution in [0.3, 0.4) is 0 Å². The van der Waals surface area contributed by atoms with Crippen molar-refractivity contribution in [1.29, 1.82) is 0 Å². The molecule has 0 fully saturated rings. The summed E-state index contributed by atoms with van der Waals surface area (Å²) in [6.45, 7) is 2.03. The van der Waals surface area contributed by atoms with Crippen LogP contribution >= 0.6 is 0 Å². The number of carbonyl (C=O) groups is 1. The van der Waals surface area contributed by atoms with Gasteiger partial charge in [-0.2, -0.15) is 0 Å². The molecular formula is C11H10N2O4. The topological polar surface area (TPSA) is 92.4 Å². The maximum Gasteiger partial charge on any atom is 0.360 e. The third kappa shape index (κ3) is 1.63. The third-order valence-electron chi connectivity index (χ3n) is 2.47. The van der Waals surface area contributed by atoms with E-state index in [1.165, 1.54) is 10.6 Å². The Labute approximate surface area is 95.8 Å². The zero-order valence-electron chi connectivity index (χ0n) is 9.04. The van der Waals surface area contributed by atoms with Crippen molar-refractivity contribution < 1.29 is 15.0 Å². The summed E-state index contributed by atoms with van der Waals surface area (Å²) in [4.78, 5) is 26.4. The van der Waals surface area contributed by atoms with Gasteiger partial charge in [0.1, 0.15) is 11.3 Å². The van der Waals surface area contributed by atoms with Gasteiger partial charge in [0.05, 0.1) is 5.52 Å². The van der Waals surface area contributed by atoms with Crippen molar-refractivity contribution in [3.8, 4) is 5.75 Å². The highest BCUT2D eigenvalue weighted by molar-refractivity contribution is 5.89. The first kappa shape index (κ1) is 11.1. The summed E-state index contributed by atoms with van der Waals surface area (Å²) in [5.74, 6) is -1.55. The highest BCUT2D eigenvalue weighted by Gasteiger charge is 2.17. The van der Waals surface area contributed by atoms with Crippen molar-refractivity contribution in [3.05, 3.63) is 34.2 Å². The lowest BCUT2D eigenvalue weighted by atomic mass is 10.2. The summed E-state index contributed by atoms with van der Waals surface area (Å²) in [7, 11) is 0. The fourth-order valence-electron chi connectivity index (χ4n) is 1.70. The normalized spacial score (nSPS) is 10.6. The fraction of sp³-hybridized carbons (Fsp3) is 0.182. The number of phenolic OH excluding ortho intramolecular Hbond substituents is 1. The molecule has 0 saturated carbocycles. The molecule has 6 heteroatoms. The van der Waals surface area contributed by atoms with Crippen LogP contribution in [-0.4, -0.2) is 25.7 Å². The molecule has 0 aliphatic rings. The molecule has 88 valence electrons. The Balaban J connectivity index is 3.00. The molecule has 0 spiro atoms. The van der Waals surface area contributed by atoms with Crippen LogP contribution in [0.5, 0.6) is 5.75 Å². The number of fused-ring (bicyclic) bond motifs is 1. The van der Waals surface area contributed by atoms with E-state index in [9.17, 15) is 14.7 Å². The zero-order valence-corrected chi connectivity index (χ0v) is 9.04. The number of carboxylic acid groups (broad SMARTS) is 1. The molecule has 0 aliphatic heterocycles. The summed E-state index contributed by atoms with van der Waals surface area (Å²) in [6.07, 6.45) is 0. The molecule has 1 heterocycles. The quantitative estimate of drug-likeness (QED) is 0.802. The van der Waals surface area contributed by atoms with Gasteiger partial charge in [0.2, 0.25) is 5.69 Å². The number of phenols is 1. The second-order valence-electron chi connectivity index (χ2n) is 3.46. The molecule has 2 rings (SSSR count). The van der Waals surface area contributed by atoms with E-state index in [4.69, 9.17) is 5.11 Å². The van der Waals surface area contributed by atoms with Gasteiger partial charge in [0, 0.05) is 6.54 Å². The molecule has 1 aromatic carbocycles. The van der Waals surface area contributed by atoms with Crippen molar-refractivity contribution in [1.82, 2.24) is 9.55 Å². The fourth-order valence-corrected chi connectivity index (χ4v) is 1.70. The number of rotatable bonds is 2. The zero-order chi connectivity index (χ0) is 12.6. The molecule has 17 heavy (non-hydrogen) atoms. The monoisotopic (exact) mass is 234 g/mol. The molecule has 0 bridgehead atoms. The molecule has 2 aromatic rings. The second-order valence-corrected chi connectivity index (χ2v) is 3.46. The third-order valence-corrected chi connectivity index (χ3v) is 2.47. The van der Waals surface area contributed by atoms with Gasteiger partial charge < -0.3 is 14.8 Å². The first-order valence-corrected chi connectivity index (χ1v) is 5.02. The number of hydrogen-bond acceptors (Lipinski definition) is 4.